The quantitative estimate of drug-likeness (QED) is 0.823. The van der Waals surface area contributed by atoms with Crippen molar-refractivity contribution >= 4 is 46.2 Å². The predicted molar refractivity (Wildman–Crippen MR) is 93.0 cm³/mol. The van der Waals surface area contributed by atoms with E-state index in [1.54, 1.807) is 30.6 Å². The first-order chi connectivity index (χ1) is 10.1. The van der Waals surface area contributed by atoms with Crippen LogP contribution in [0, 0.1) is 0 Å². The van der Waals surface area contributed by atoms with Crippen LogP contribution in [-0.4, -0.2) is 21.5 Å². The second-order valence-corrected chi connectivity index (χ2v) is 5.72. The maximum absolute atomic E-state index is 5.99. The lowest BCUT2D eigenvalue weighted by Gasteiger charge is -2.24. The first-order valence-corrected chi connectivity index (χ1v) is 7.66. The van der Waals surface area contributed by atoms with Crippen LogP contribution in [0.4, 0.5) is 5.69 Å². The van der Waals surface area contributed by atoms with Crippen LogP contribution in [0.5, 0.6) is 0 Å². The molecule has 0 saturated heterocycles. The Balaban J connectivity index is 2.06. The van der Waals surface area contributed by atoms with E-state index in [0.29, 0.717) is 15.2 Å². The number of thiocarbonyl (C=S) groups is 1. The zero-order valence-corrected chi connectivity index (χ0v) is 13.8. The van der Waals surface area contributed by atoms with E-state index in [1.807, 2.05) is 12.1 Å². The van der Waals surface area contributed by atoms with Crippen LogP contribution in [0.25, 0.3) is 0 Å². The molecule has 0 fully saturated rings. The molecule has 0 radical (unpaired) electrons. The molecular formula is C15H15Cl2N3S. The molecule has 0 unspecified atom stereocenters. The highest BCUT2D eigenvalue weighted by molar-refractivity contribution is 7.80. The number of nitrogens with zero attached hydrogens (tertiary/aromatic N) is 2. The molecule has 1 N–H and O–H groups in total. The third kappa shape index (κ3) is 4.84. The zero-order valence-electron chi connectivity index (χ0n) is 11.5. The molecule has 110 valence electrons. The number of benzene rings is 1. The van der Waals surface area contributed by atoms with E-state index >= 15 is 0 Å². The van der Waals surface area contributed by atoms with Crippen molar-refractivity contribution in [1.29, 1.82) is 0 Å². The van der Waals surface area contributed by atoms with Gasteiger partial charge in [0.05, 0.1) is 0 Å². The SMILES string of the molecule is CCN(Cc1ccncc1)C(=S)Nc1cc(Cl)cc(Cl)c1. The minimum Gasteiger partial charge on any atom is -0.345 e. The summed E-state index contributed by atoms with van der Waals surface area (Å²) >= 11 is 17.4. The summed E-state index contributed by atoms with van der Waals surface area (Å²) in [4.78, 5) is 6.07. The van der Waals surface area contributed by atoms with E-state index in [-0.39, 0.29) is 0 Å². The molecule has 0 spiro atoms. The van der Waals surface area contributed by atoms with Gasteiger partial charge in [-0.05, 0) is 55.0 Å². The van der Waals surface area contributed by atoms with Gasteiger partial charge in [0.25, 0.3) is 0 Å². The highest BCUT2D eigenvalue weighted by Gasteiger charge is 2.09. The van der Waals surface area contributed by atoms with E-state index in [2.05, 4.69) is 22.1 Å². The van der Waals surface area contributed by atoms with Crippen molar-refractivity contribution in [3.63, 3.8) is 0 Å². The normalized spacial score (nSPS) is 10.2. The number of nitrogens with one attached hydrogen (secondary N) is 1. The summed E-state index contributed by atoms with van der Waals surface area (Å²) in [6.45, 7) is 3.57. The van der Waals surface area contributed by atoms with Crippen molar-refractivity contribution in [3.05, 3.63) is 58.3 Å². The van der Waals surface area contributed by atoms with Gasteiger partial charge in [-0.2, -0.15) is 0 Å². The summed E-state index contributed by atoms with van der Waals surface area (Å²) in [6, 6.07) is 9.22. The van der Waals surface area contributed by atoms with E-state index in [9.17, 15) is 0 Å². The maximum Gasteiger partial charge on any atom is 0.173 e. The number of anilines is 1. The van der Waals surface area contributed by atoms with Gasteiger partial charge in [0.2, 0.25) is 0 Å². The molecule has 0 aliphatic heterocycles. The van der Waals surface area contributed by atoms with Gasteiger partial charge in [-0.15, -0.1) is 0 Å². The minimum atomic E-state index is 0.574. The molecule has 0 aliphatic carbocycles. The van der Waals surface area contributed by atoms with Crippen LogP contribution >= 0.6 is 35.4 Å². The third-order valence-corrected chi connectivity index (χ3v) is 3.70. The first-order valence-electron chi connectivity index (χ1n) is 6.49. The summed E-state index contributed by atoms with van der Waals surface area (Å²) in [5.74, 6) is 0. The first kappa shape index (κ1) is 16.0. The van der Waals surface area contributed by atoms with Gasteiger partial charge in [-0.3, -0.25) is 4.98 Å². The number of pyridine rings is 1. The third-order valence-electron chi connectivity index (χ3n) is 2.91. The molecule has 2 aromatic rings. The largest absolute Gasteiger partial charge is 0.345 e. The lowest BCUT2D eigenvalue weighted by molar-refractivity contribution is 0.442. The number of rotatable bonds is 4. The number of aromatic nitrogens is 1. The Hall–Kier alpha value is -1.36. The molecule has 6 heteroatoms. The average Bonchev–Trinajstić information content (AvgIpc) is 2.44. The van der Waals surface area contributed by atoms with E-state index in [0.717, 1.165) is 24.3 Å². The minimum absolute atomic E-state index is 0.574. The molecule has 0 amide bonds. The van der Waals surface area contributed by atoms with Crippen LogP contribution in [0.1, 0.15) is 12.5 Å². The van der Waals surface area contributed by atoms with Gasteiger partial charge in [-0.1, -0.05) is 23.2 Å². The Bertz CT molecular complexity index is 599. The maximum atomic E-state index is 5.99. The lowest BCUT2D eigenvalue weighted by atomic mass is 10.2. The second kappa shape index (κ2) is 7.59. The molecule has 1 aromatic carbocycles. The fourth-order valence-electron chi connectivity index (χ4n) is 1.86. The van der Waals surface area contributed by atoms with E-state index in [4.69, 9.17) is 35.4 Å². The Morgan fingerprint density at radius 2 is 1.81 bits per heavy atom. The average molecular weight is 340 g/mol. The molecule has 1 aromatic heterocycles. The fourth-order valence-corrected chi connectivity index (χ4v) is 2.70. The molecule has 0 atom stereocenters. The summed E-state index contributed by atoms with van der Waals surface area (Å²) in [5.41, 5.74) is 1.94. The molecule has 0 bridgehead atoms. The summed E-state index contributed by atoms with van der Waals surface area (Å²) in [5, 5.41) is 4.95. The van der Waals surface area contributed by atoms with Crippen molar-refractivity contribution < 1.29 is 0 Å². The van der Waals surface area contributed by atoms with Gasteiger partial charge in [0.15, 0.2) is 5.11 Å². The van der Waals surface area contributed by atoms with Crippen molar-refractivity contribution in [1.82, 2.24) is 9.88 Å². The van der Waals surface area contributed by atoms with Gasteiger partial charge >= 0.3 is 0 Å². The van der Waals surface area contributed by atoms with Crippen LogP contribution < -0.4 is 5.32 Å². The highest BCUT2D eigenvalue weighted by atomic mass is 35.5. The van der Waals surface area contributed by atoms with Crippen LogP contribution in [-0.2, 0) is 6.54 Å². The zero-order chi connectivity index (χ0) is 15.2. The van der Waals surface area contributed by atoms with Gasteiger partial charge < -0.3 is 10.2 Å². The summed E-state index contributed by atoms with van der Waals surface area (Å²) in [7, 11) is 0. The number of hydrogen-bond donors (Lipinski definition) is 1. The summed E-state index contributed by atoms with van der Waals surface area (Å²) in [6.07, 6.45) is 3.55. The molecule has 0 aliphatic rings. The molecule has 0 saturated carbocycles. The van der Waals surface area contributed by atoms with Gasteiger partial charge in [-0.25, -0.2) is 0 Å². The topological polar surface area (TPSA) is 28.2 Å². The Kier molecular flexibility index (Phi) is 5.79. The van der Waals surface area contributed by atoms with Crippen molar-refractivity contribution in [2.24, 2.45) is 0 Å². The van der Waals surface area contributed by atoms with Gasteiger partial charge in [0, 0.05) is 41.2 Å². The molecule has 1 heterocycles. The fraction of sp³-hybridized carbons (Fsp3) is 0.200. The highest BCUT2D eigenvalue weighted by Crippen LogP contribution is 2.22. The Morgan fingerprint density at radius 3 is 2.38 bits per heavy atom. The number of hydrogen-bond acceptors (Lipinski definition) is 2. The Labute approximate surface area is 139 Å². The smallest absolute Gasteiger partial charge is 0.173 e. The Morgan fingerprint density at radius 1 is 1.19 bits per heavy atom. The molecular weight excluding hydrogens is 325 g/mol. The van der Waals surface area contributed by atoms with Crippen LogP contribution in [0.15, 0.2) is 42.7 Å². The van der Waals surface area contributed by atoms with E-state index in [1.165, 1.54) is 0 Å². The molecule has 3 nitrogen and oxygen atoms in total. The molecule has 21 heavy (non-hydrogen) atoms. The van der Waals surface area contributed by atoms with Gasteiger partial charge in [0.1, 0.15) is 0 Å². The predicted octanol–water partition coefficient (Wildman–Crippen LogP) is 4.61. The molecule has 2 rings (SSSR count). The van der Waals surface area contributed by atoms with Crippen LogP contribution in [0.2, 0.25) is 10.0 Å². The lowest BCUT2D eigenvalue weighted by Crippen LogP contribution is -2.34. The monoisotopic (exact) mass is 339 g/mol. The second-order valence-electron chi connectivity index (χ2n) is 4.46. The van der Waals surface area contributed by atoms with Crippen molar-refractivity contribution in [2.75, 3.05) is 11.9 Å². The summed E-state index contributed by atoms with van der Waals surface area (Å²) < 4.78 is 0. The van der Waals surface area contributed by atoms with Crippen molar-refractivity contribution in [3.8, 4) is 0 Å². The van der Waals surface area contributed by atoms with Crippen LogP contribution in [0.3, 0.4) is 0 Å². The number of halogens is 2. The van der Waals surface area contributed by atoms with E-state index < -0.39 is 0 Å². The standard InChI is InChI=1S/C15H15Cl2N3S/c1-2-20(10-11-3-5-18-6-4-11)15(21)19-14-8-12(16)7-13(17)9-14/h3-9H,2,10H2,1H3,(H,19,21). The van der Waals surface area contributed by atoms with Crippen molar-refractivity contribution in [2.45, 2.75) is 13.5 Å².